The fraction of sp³-hybridized carbons (Fsp3) is 0.192. The molecule has 0 saturated carbocycles. The van der Waals surface area contributed by atoms with Gasteiger partial charge in [0.1, 0.15) is 11.3 Å². The summed E-state index contributed by atoms with van der Waals surface area (Å²) in [6.07, 6.45) is 1.55. The minimum atomic E-state index is -0.542. The number of hydrogen-bond acceptors (Lipinski definition) is 6. The van der Waals surface area contributed by atoms with Gasteiger partial charge in [-0.05, 0) is 81.0 Å². The number of ether oxygens (including phenoxy) is 1. The number of nitro benzene ring substituents is 1. The van der Waals surface area contributed by atoms with Crippen molar-refractivity contribution in [2.75, 3.05) is 18.6 Å². The van der Waals surface area contributed by atoms with Crippen LogP contribution in [0.25, 0.3) is 11.8 Å². The molecule has 1 saturated heterocycles. The van der Waals surface area contributed by atoms with E-state index in [0.29, 0.717) is 33.4 Å². The molecule has 2 amide bonds. The normalized spacial score (nSPS) is 15.1. The average Bonchev–Trinajstić information content (AvgIpc) is 3.15. The van der Waals surface area contributed by atoms with Crippen molar-refractivity contribution in [2.45, 2.75) is 20.8 Å². The summed E-state index contributed by atoms with van der Waals surface area (Å²) in [6, 6.07) is 12.8. The summed E-state index contributed by atoms with van der Waals surface area (Å²) in [5.41, 5.74) is 3.08. The zero-order valence-corrected chi connectivity index (χ0v) is 22.1. The van der Waals surface area contributed by atoms with Gasteiger partial charge >= 0.3 is 0 Å². The summed E-state index contributed by atoms with van der Waals surface area (Å²) in [7, 11) is 1.44. The minimum Gasteiger partial charge on any atom is -0.494 e. The molecule has 0 bridgehead atoms. The molecule has 9 nitrogen and oxygen atoms in total. The Morgan fingerprint density at radius 2 is 1.76 bits per heavy atom. The number of benzene rings is 2. The van der Waals surface area contributed by atoms with Gasteiger partial charge in [0.2, 0.25) is 0 Å². The highest BCUT2D eigenvalue weighted by Crippen LogP contribution is 2.33. The van der Waals surface area contributed by atoms with Crippen molar-refractivity contribution in [1.82, 2.24) is 9.47 Å². The van der Waals surface area contributed by atoms with Crippen molar-refractivity contribution < 1.29 is 19.2 Å². The van der Waals surface area contributed by atoms with Crippen molar-refractivity contribution in [2.24, 2.45) is 0 Å². The number of non-ortho nitro benzene ring substituents is 1. The quantitative estimate of drug-likeness (QED) is 0.140. The molecule has 1 aromatic heterocycles. The van der Waals surface area contributed by atoms with E-state index in [0.717, 1.165) is 5.69 Å². The molecule has 1 fully saturated rings. The molecule has 2 heterocycles. The van der Waals surface area contributed by atoms with Crippen LogP contribution >= 0.6 is 23.8 Å². The van der Waals surface area contributed by atoms with Crippen molar-refractivity contribution in [3.8, 4) is 11.4 Å². The van der Waals surface area contributed by atoms with Crippen LogP contribution in [0.1, 0.15) is 23.9 Å². The summed E-state index contributed by atoms with van der Waals surface area (Å²) < 4.78 is 7.27. The average molecular weight is 539 g/mol. The number of rotatable bonds is 6. The van der Waals surface area contributed by atoms with Crippen LogP contribution in [0.2, 0.25) is 5.02 Å². The van der Waals surface area contributed by atoms with Crippen molar-refractivity contribution >= 4 is 58.2 Å². The molecule has 190 valence electrons. The standard InChI is InChI=1S/C26H23ClN4O5S/c1-5-28-24(32)21(25(33)30(26(28)37)19-8-6-18(27)7-9-19)13-17-12-15(2)29(16(17)3)22-11-10-20(31(34)35)14-23(22)36-4/h6-14H,5H2,1-4H3/b21-13+. The molecule has 3 aromatic rings. The Balaban J connectivity index is 1.82. The number of hydrogen-bond donors (Lipinski definition) is 0. The van der Waals surface area contributed by atoms with Crippen LogP contribution in [0.3, 0.4) is 0 Å². The number of aryl methyl sites for hydroxylation is 1. The van der Waals surface area contributed by atoms with Gasteiger partial charge in [-0.1, -0.05) is 11.6 Å². The Hall–Kier alpha value is -4.02. The third-order valence-electron chi connectivity index (χ3n) is 6.12. The molecule has 11 heteroatoms. The summed E-state index contributed by atoms with van der Waals surface area (Å²) in [5, 5.41) is 11.8. The van der Waals surface area contributed by atoms with E-state index in [2.05, 4.69) is 0 Å². The van der Waals surface area contributed by atoms with Crippen molar-refractivity contribution in [3.05, 3.63) is 86.2 Å². The summed E-state index contributed by atoms with van der Waals surface area (Å²) in [5.74, 6) is -0.711. The van der Waals surface area contributed by atoms with E-state index in [4.69, 9.17) is 28.6 Å². The monoisotopic (exact) mass is 538 g/mol. The van der Waals surface area contributed by atoms with Crippen LogP contribution in [-0.4, -0.2) is 45.0 Å². The maximum absolute atomic E-state index is 13.6. The lowest BCUT2D eigenvalue weighted by molar-refractivity contribution is -0.384. The number of amides is 2. The van der Waals surface area contributed by atoms with E-state index < -0.39 is 16.7 Å². The molecular formula is C26H23ClN4O5S. The second-order valence-corrected chi connectivity index (χ2v) is 9.08. The Morgan fingerprint density at radius 3 is 2.35 bits per heavy atom. The highest BCUT2D eigenvalue weighted by atomic mass is 35.5. The van der Waals surface area contributed by atoms with Gasteiger partial charge in [0, 0.05) is 29.0 Å². The molecular weight excluding hydrogens is 516 g/mol. The van der Waals surface area contributed by atoms with Crippen LogP contribution in [0.4, 0.5) is 11.4 Å². The van der Waals surface area contributed by atoms with Crippen molar-refractivity contribution in [1.29, 1.82) is 0 Å². The predicted octanol–water partition coefficient (Wildman–Crippen LogP) is 5.23. The van der Waals surface area contributed by atoms with Gasteiger partial charge in [0.25, 0.3) is 17.5 Å². The summed E-state index contributed by atoms with van der Waals surface area (Å²) in [4.78, 5) is 40.3. The van der Waals surface area contributed by atoms with E-state index >= 15 is 0 Å². The number of nitrogens with zero attached hydrogens (tertiary/aromatic N) is 4. The van der Waals surface area contributed by atoms with Crippen LogP contribution in [0, 0.1) is 24.0 Å². The lowest BCUT2D eigenvalue weighted by Crippen LogP contribution is -2.56. The third kappa shape index (κ3) is 4.61. The van der Waals surface area contributed by atoms with Gasteiger partial charge < -0.3 is 9.30 Å². The van der Waals surface area contributed by atoms with Gasteiger partial charge in [-0.15, -0.1) is 0 Å². The fourth-order valence-electron chi connectivity index (χ4n) is 4.30. The largest absolute Gasteiger partial charge is 0.494 e. The topological polar surface area (TPSA) is 97.9 Å². The van der Waals surface area contributed by atoms with Crippen LogP contribution in [0.5, 0.6) is 5.75 Å². The predicted molar refractivity (Wildman–Crippen MR) is 145 cm³/mol. The number of carbonyl (C=O) groups is 2. The first kappa shape index (κ1) is 26.1. The summed E-state index contributed by atoms with van der Waals surface area (Å²) >= 11 is 11.5. The number of halogens is 1. The third-order valence-corrected chi connectivity index (χ3v) is 6.77. The van der Waals surface area contributed by atoms with Gasteiger partial charge in [-0.25, -0.2) is 0 Å². The van der Waals surface area contributed by atoms with Gasteiger partial charge in [-0.2, -0.15) is 0 Å². The fourth-order valence-corrected chi connectivity index (χ4v) is 4.82. The minimum absolute atomic E-state index is 0.0404. The molecule has 4 rings (SSSR count). The smallest absolute Gasteiger partial charge is 0.273 e. The first-order valence-corrected chi connectivity index (χ1v) is 12.1. The van der Waals surface area contributed by atoms with E-state index in [1.807, 2.05) is 24.5 Å². The Bertz CT molecular complexity index is 1480. The second kappa shape index (κ2) is 10.2. The molecule has 1 aliphatic rings. The molecule has 0 unspecified atom stereocenters. The maximum atomic E-state index is 13.6. The first-order chi connectivity index (χ1) is 17.6. The highest BCUT2D eigenvalue weighted by Gasteiger charge is 2.39. The number of thiocarbonyl (C=S) groups is 1. The molecule has 1 aliphatic heterocycles. The van der Waals surface area contributed by atoms with Gasteiger partial charge in [-0.3, -0.25) is 29.5 Å². The Kier molecular flexibility index (Phi) is 7.15. The molecule has 0 radical (unpaired) electrons. The molecule has 2 aromatic carbocycles. The number of methoxy groups -OCH3 is 1. The molecule has 0 aliphatic carbocycles. The number of carbonyl (C=O) groups excluding carboxylic acids is 2. The number of aromatic nitrogens is 1. The van der Waals surface area contributed by atoms with E-state index in [1.165, 1.54) is 29.0 Å². The van der Waals surface area contributed by atoms with E-state index in [1.54, 1.807) is 43.3 Å². The number of likely N-dealkylation sites (N-methyl/N-ethyl adjacent to an activating group) is 1. The lowest BCUT2D eigenvalue weighted by Gasteiger charge is -2.36. The SMILES string of the molecule is CCN1C(=O)/C(=C\c2cc(C)n(-c3ccc([N+](=O)[O-])cc3OC)c2C)C(=O)N(c2ccc(Cl)cc2)C1=S. The number of nitro groups is 1. The second-order valence-electron chi connectivity index (χ2n) is 8.28. The summed E-state index contributed by atoms with van der Waals surface area (Å²) in [6.45, 7) is 5.75. The highest BCUT2D eigenvalue weighted by molar-refractivity contribution is 7.80. The maximum Gasteiger partial charge on any atom is 0.273 e. The first-order valence-electron chi connectivity index (χ1n) is 11.3. The van der Waals surface area contributed by atoms with Crippen molar-refractivity contribution in [3.63, 3.8) is 0 Å². The van der Waals surface area contributed by atoms with Gasteiger partial charge in [0.05, 0.1) is 29.5 Å². The van der Waals surface area contributed by atoms with E-state index in [9.17, 15) is 19.7 Å². The van der Waals surface area contributed by atoms with Crippen LogP contribution in [-0.2, 0) is 9.59 Å². The van der Waals surface area contributed by atoms with Gasteiger partial charge in [0.15, 0.2) is 5.11 Å². The molecule has 0 N–H and O–H groups in total. The Labute approximate surface area is 223 Å². The zero-order chi connectivity index (χ0) is 27.0. The van der Waals surface area contributed by atoms with Crippen LogP contribution in [0.15, 0.2) is 54.1 Å². The molecule has 37 heavy (non-hydrogen) atoms. The lowest BCUT2D eigenvalue weighted by atomic mass is 10.1. The molecule has 0 spiro atoms. The van der Waals surface area contributed by atoms with Crippen LogP contribution < -0.4 is 9.64 Å². The zero-order valence-electron chi connectivity index (χ0n) is 20.5. The van der Waals surface area contributed by atoms with E-state index in [-0.39, 0.29) is 22.9 Å². The number of anilines is 1. The Morgan fingerprint density at radius 1 is 1.08 bits per heavy atom. The molecule has 0 atom stereocenters.